The Labute approximate surface area is 134 Å². The quantitative estimate of drug-likeness (QED) is 0.560. The van der Waals surface area contributed by atoms with Crippen molar-refractivity contribution in [3.63, 3.8) is 0 Å². The normalized spacial score (nSPS) is 11.5. The number of quaternary nitrogens is 1. The molecule has 4 N–H and O–H groups in total. The molecule has 2 rings (SSSR count). The smallest absolute Gasteiger partial charge is 0.281 e. The highest BCUT2D eigenvalue weighted by atomic mass is 16.3. The number of nitrogens with one attached hydrogen (secondary N) is 1. The fourth-order valence-corrected chi connectivity index (χ4v) is 2.27. The number of nitrogens with two attached hydrogens (primary N) is 1. The minimum atomic E-state index is -0.366. The lowest BCUT2D eigenvalue weighted by atomic mass is 10.2. The zero-order valence-corrected chi connectivity index (χ0v) is 13.6. The minimum absolute atomic E-state index is 0.0782. The molecule has 2 heterocycles. The average Bonchev–Trinajstić information content (AvgIpc) is 2.93. The molecule has 2 aromatic rings. The van der Waals surface area contributed by atoms with Crippen LogP contribution >= 0.6 is 0 Å². The molecule has 0 radical (unpaired) electrons. The van der Waals surface area contributed by atoms with E-state index in [0.29, 0.717) is 23.6 Å². The van der Waals surface area contributed by atoms with Crippen molar-refractivity contribution >= 4 is 17.2 Å². The lowest BCUT2D eigenvalue weighted by Gasteiger charge is -2.14. The summed E-state index contributed by atoms with van der Waals surface area (Å²) in [7, 11) is 3.70. The summed E-state index contributed by atoms with van der Waals surface area (Å²) in [5, 5.41) is 26.6. The van der Waals surface area contributed by atoms with Gasteiger partial charge in [0.25, 0.3) is 11.4 Å². The summed E-state index contributed by atoms with van der Waals surface area (Å²) in [6.07, 6.45) is 1.69. The molecule has 8 heteroatoms. The highest BCUT2D eigenvalue weighted by Crippen LogP contribution is 2.28. The van der Waals surface area contributed by atoms with Crippen molar-refractivity contribution in [1.82, 2.24) is 14.8 Å². The fourth-order valence-electron chi connectivity index (χ4n) is 2.27. The van der Waals surface area contributed by atoms with Gasteiger partial charge in [-0.3, -0.25) is 14.5 Å². The van der Waals surface area contributed by atoms with Gasteiger partial charge in [0.05, 0.1) is 0 Å². The molecule has 0 aromatic carbocycles. The molecule has 0 aliphatic carbocycles. The molecule has 0 fully saturated rings. The van der Waals surface area contributed by atoms with E-state index in [1.165, 1.54) is 9.88 Å². The van der Waals surface area contributed by atoms with E-state index < -0.39 is 0 Å². The molecule has 0 aliphatic rings. The van der Waals surface area contributed by atoms with Crippen LogP contribution in [0.5, 0.6) is 5.88 Å². The second-order valence-electron chi connectivity index (χ2n) is 5.33. The van der Waals surface area contributed by atoms with Crippen LogP contribution in [0.25, 0.3) is 0 Å². The van der Waals surface area contributed by atoms with Gasteiger partial charge >= 0.3 is 0 Å². The van der Waals surface area contributed by atoms with Crippen molar-refractivity contribution in [3.05, 3.63) is 34.7 Å². The Hall–Kier alpha value is -2.48. The van der Waals surface area contributed by atoms with Crippen LogP contribution in [0.15, 0.2) is 21.1 Å². The fraction of sp³-hybridized carbons (Fsp3) is 0.400. The van der Waals surface area contributed by atoms with Crippen LogP contribution < -0.4 is 10.9 Å². The van der Waals surface area contributed by atoms with Crippen LogP contribution in [-0.4, -0.2) is 19.9 Å². The van der Waals surface area contributed by atoms with Crippen LogP contribution in [0.4, 0.5) is 17.2 Å². The number of H-pyrrole nitrogens is 1. The van der Waals surface area contributed by atoms with Gasteiger partial charge in [-0.2, -0.15) is 5.10 Å². The van der Waals surface area contributed by atoms with E-state index in [4.69, 9.17) is 0 Å². The van der Waals surface area contributed by atoms with E-state index in [-0.39, 0.29) is 17.1 Å². The number of rotatable bonds is 6. The minimum Gasteiger partial charge on any atom is -0.490 e. The number of aromatic amines is 1. The molecule has 0 spiro atoms. The molecule has 0 saturated heterocycles. The standard InChI is InChI=1S/C15H22N6O2/c1-5-6-7-21-14(22)12(16-4)10(3)13(15(21)23)20-19-11-8-9(2)17-18-11/h8,22H,4-7,16H2,1-3H3,(H,17,18). The van der Waals surface area contributed by atoms with Crippen LogP contribution in [0.2, 0.25) is 0 Å². The van der Waals surface area contributed by atoms with Gasteiger partial charge in [-0.25, -0.2) is 0 Å². The summed E-state index contributed by atoms with van der Waals surface area (Å²) >= 11 is 0. The largest absolute Gasteiger partial charge is 0.490 e. The van der Waals surface area contributed by atoms with Gasteiger partial charge in [-0.05, 0) is 20.3 Å². The van der Waals surface area contributed by atoms with E-state index >= 15 is 0 Å². The van der Waals surface area contributed by atoms with E-state index in [0.717, 1.165) is 18.5 Å². The molecule has 124 valence electrons. The number of nitrogens with zero attached hydrogens (tertiary/aromatic N) is 4. The molecule has 0 unspecified atom stereocenters. The summed E-state index contributed by atoms with van der Waals surface area (Å²) in [6.45, 7) is 6.01. The zero-order valence-electron chi connectivity index (χ0n) is 13.6. The Bertz CT molecular complexity index is 775. The Balaban J connectivity index is 2.53. The maximum absolute atomic E-state index is 12.6. The molecule has 0 saturated carbocycles. The van der Waals surface area contributed by atoms with Crippen LogP contribution in [0, 0.1) is 20.9 Å². The van der Waals surface area contributed by atoms with Crippen molar-refractivity contribution in [2.24, 2.45) is 10.2 Å². The average molecular weight is 318 g/mol. The summed E-state index contributed by atoms with van der Waals surface area (Å²) in [5.74, 6) is 0.320. The molecule has 8 nitrogen and oxygen atoms in total. The molecule has 0 aliphatic heterocycles. The number of aromatic nitrogens is 3. The van der Waals surface area contributed by atoms with Gasteiger partial charge in [0.15, 0.2) is 17.2 Å². The second kappa shape index (κ2) is 7.19. The van der Waals surface area contributed by atoms with Gasteiger partial charge in [0, 0.05) is 23.9 Å². The third kappa shape index (κ3) is 3.48. The van der Waals surface area contributed by atoms with Gasteiger partial charge in [0.2, 0.25) is 0 Å². The van der Waals surface area contributed by atoms with Crippen molar-refractivity contribution in [2.75, 3.05) is 0 Å². The van der Waals surface area contributed by atoms with Gasteiger partial charge < -0.3 is 10.4 Å². The Kier molecular flexibility index (Phi) is 5.28. The van der Waals surface area contributed by atoms with E-state index in [9.17, 15) is 9.90 Å². The topological polar surface area (TPSA) is 112 Å². The molecule has 0 bridgehead atoms. The summed E-state index contributed by atoms with van der Waals surface area (Å²) in [6, 6.07) is 1.73. The number of aryl methyl sites for hydroxylation is 1. The SMILES string of the molecule is [CH2-][NH2+]c1c(C)c(N=Nc2cc(C)[nH]n2)c(=O)n(CCCC)c1O. The summed E-state index contributed by atoms with van der Waals surface area (Å²) in [4.78, 5) is 12.6. The number of unbranched alkanes of at least 4 members (excludes halogenated alkanes) is 1. The molecular formula is C15H22N6O2. The maximum atomic E-state index is 12.6. The first-order valence-electron chi connectivity index (χ1n) is 7.52. The lowest BCUT2D eigenvalue weighted by molar-refractivity contribution is -0.506. The maximum Gasteiger partial charge on any atom is 0.281 e. The summed E-state index contributed by atoms with van der Waals surface area (Å²) in [5.41, 5.74) is 1.72. The number of hydrogen-bond donors (Lipinski definition) is 3. The number of hydrogen-bond acceptors (Lipinski definition) is 5. The molecular weight excluding hydrogens is 296 g/mol. The number of azo groups is 1. The van der Waals surface area contributed by atoms with Crippen molar-refractivity contribution in [3.8, 4) is 5.88 Å². The monoisotopic (exact) mass is 318 g/mol. The van der Waals surface area contributed by atoms with Crippen LogP contribution in [-0.2, 0) is 6.54 Å². The van der Waals surface area contributed by atoms with Gasteiger partial charge in [-0.15, -0.1) is 17.3 Å². The van der Waals surface area contributed by atoms with E-state index in [2.05, 4.69) is 27.5 Å². The van der Waals surface area contributed by atoms with Crippen LogP contribution in [0.3, 0.4) is 0 Å². The first-order valence-corrected chi connectivity index (χ1v) is 7.52. The second-order valence-corrected chi connectivity index (χ2v) is 5.33. The van der Waals surface area contributed by atoms with Crippen molar-refractivity contribution < 1.29 is 10.4 Å². The Morgan fingerprint density at radius 3 is 2.74 bits per heavy atom. The molecule has 23 heavy (non-hydrogen) atoms. The third-order valence-electron chi connectivity index (χ3n) is 3.59. The van der Waals surface area contributed by atoms with Crippen molar-refractivity contribution in [1.29, 1.82) is 0 Å². The van der Waals surface area contributed by atoms with E-state index in [1.54, 1.807) is 13.0 Å². The van der Waals surface area contributed by atoms with Crippen LogP contribution in [0.1, 0.15) is 31.0 Å². The first-order chi connectivity index (χ1) is 11.0. The zero-order chi connectivity index (χ0) is 17.0. The summed E-state index contributed by atoms with van der Waals surface area (Å²) < 4.78 is 1.32. The Morgan fingerprint density at radius 1 is 1.43 bits per heavy atom. The number of pyridine rings is 1. The highest BCUT2D eigenvalue weighted by Gasteiger charge is 2.20. The van der Waals surface area contributed by atoms with Gasteiger partial charge in [-0.1, -0.05) is 13.3 Å². The van der Waals surface area contributed by atoms with E-state index in [1.807, 2.05) is 13.8 Å². The van der Waals surface area contributed by atoms with Gasteiger partial charge in [0.1, 0.15) is 0 Å². The number of aromatic hydroxyl groups is 1. The first kappa shape index (κ1) is 16.9. The molecule has 0 atom stereocenters. The predicted octanol–water partition coefficient (Wildman–Crippen LogP) is 2.10. The Morgan fingerprint density at radius 2 is 2.17 bits per heavy atom. The van der Waals surface area contributed by atoms with Crippen molar-refractivity contribution in [2.45, 2.75) is 40.2 Å². The predicted molar refractivity (Wildman–Crippen MR) is 86.5 cm³/mol. The highest BCUT2D eigenvalue weighted by molar-refractivity contribution is 5.59. The third-order valence-corrected chi connectivity index (χ3v) is 3.59. The molecule has 2 aromatic heterocycles. The molecule has 0 amide bonds. The lowest BCUT2D eigenvalue weighted by Crippen LogP contribution is -2.70.